The smallest absolute Gasteiger partial charge is 0.230 e. The molecule has 2 aliphatic rings. The number of benzene rings is 1. The van der Waals surface area contributed by atoms with Crippen LogP contribution in [0, 0.1) is 5.92 Å². The molecular formula is C17H24O5. The molecule has 5 nitrogen and oxygen atoms in total. The van der Waals surface area contributed by atoms with Crippen LogP contribution in [0.4, 0.5) is 0 Å². The van der Waals surface area contributed by atoms with Gasteiger partial charge in [-0.25, -0.2) is 4.89 Å². The number of rotatable bonds is 4. The van der Waals surface area contributed by atoms with Gasteiger partial charge >= 0.3 is 0 Å². The van der Waals surface area contributed by atoms with Crippen molar-refractivity contribution in [1.82, 2.24) is 0 Å². The Kier molecular flexibility index (Phi) is 5.10. The van der Waals surface area contributed by atoms with Crippen molar-refractivity contribution in [3.63, 3.8) is 0 Å². The predicted octanol–water partition coefficient (Wildman–Crippen LogP) is 4.04. The van der Waals surface area contributed by atoms with Crippen molar-refractivity contribution in [2.75, 3.05) is 0 Å². The van der Waals surface area contributed by atoms with E-state index in [4.69, 9.17) is 24.3 Å². The van der Waals surface area contributed by atoms with Gasteiger partial charge in [-0.05, 0) is 19.3 Å². The summed E-state index contributed by atoms with van der Waals surface area (Å²) in [5.74, 6) is -0.704. The van der Waals surface area contributed by atoms with Gasteiger partial charge < -0.3 is 4.74 Å². The van der Waals surface area contributed by atoms with Crippen molar-refractivity contribution >= 4 is 0 Å². The summed E-state index contributed by atoms with van der Waals surface area (Å²) >= 11 is 0. The molecule has 22 heavy (non-hydrogen) atoms. The highest BCUT2D eigenvalue weighted by Gasteiger charge is 2.45. The summed E-state index contributed by atoms with van der Waals surface area (Å²) in [6, 6.07) is 9.88. The Bertz CT molecular complexity index is 461. The maximum absolute atomic E-state index is 6.00. The second-order valence-electron chi connectivity index (χ2n) is 5.88. The van der Waals surface area contributed by atoms with Gasteiger partial charge in [0.15, 0.2) is 6.29 Å². The molecule has 3 atom stereocenters. The van der Waals surface area contributed by atoms with E-state index >= 15 is 0 Å². The fourth-order valence-electron chi connectivity index (χ4n) is 3.00. The van der Waals surface area contributed by atoms with Crippen LogP contribution in [0.25, 0.3) is 0 Å². The standard InChI is InChI=1S/C17H24O5/c1-3-13(4-2)16-20-19-15-11-8-12-17(18-15,22-21-16)14-9-6-5-7-10-14/h5-7,9-10,13,15-16H,3-4,8,11-12H2,1-2H3/t15-,16+,17-/m0/s1. The van der Waals surface area contributed by atoms with E-state index in [1.807, 2.05) is 30.3 Å². The second kappa shape index (κ2) is 7.06. The second-order valence-corrected chi connectivity index (χ2v) is 5.88. The molecule has 0 unspecified atom stereocenters. The molecule has 2 saturated heterocycles. The van der Waals surface area contributed by atoms with Gasteiger partial charge in [0.2, 0.25) is 12.1 Å². The molecule has 0 spiro atoms. The van der Waals surface area contributed by atoms with Crippen molar-refractivity contribution in [1.29, 1.82) is 0 Å². The number of hydrogen-bond acceptors (Lipinski definition) is 5. The first-order chi connectivity index (χ1) is 10.8. The molecule has 0 N–H and O–H groups in total. The molecule has 1 aromatic carbocycles. The van der Waals surface area contributed by atoms with Crippen molar-refractivity contribution in [2.24, 2.45) is 5.92 Å². The lowest BCUT2D eigenvalue weighted by atomic mass is 9.97. The van der Waals surface area contributed by atoms with E-state index in [1.165, 1.54) is 0 Å². The molecule has 0 aliphatic carbocycles. The van der Waals surface area contributed by atoms with E-state index in [2.05, 4.69) is 13.8 Å². The maximum atomic E-state index is 6.00. The summed E-state index contributed by atoms with van der Waals surface area (Å²) in [5, 5.41) is 0. The molecule has 2 aliphatic heterocycles. The van der Waals surface area contributed by atoms with Gasteiger partial charge in [-0.1, -0.05) is 44.2 Å². The predicted molar refractivity (Wildman–Crippen MR) is 79.0 cm³/mol. The highest BCUT2D eigenvalue weighted by atomic mass is 17.3. The van der Waals surface area contributed by atoms with Crippen LogP contribution in [0.2, 0.25) is 0 Å². The average Bonchev–Trinajstić information content (AvgIpc) is 2.57. The molecular weight excluding hydrogens is 284 g/mol. The van der Waals surface area contributed by atoms with E-state index in [0.29, 0.717) is 0 Å². The summed E-state index contributed by atoms with van der Waals surface area (Å²) in [6.45, 7) is 4.20. The monoisotopic (exact) mass is 308 g/mol. The Morgan fingerprint density at radius 2 is 1.86 bits per heavy atom. The van der Waals surface area contributed by atoms with Gasteiger partial charge in [0.25, 0.3) is 0 Å². The molecule has 2 heterocycles. The third kappa shape index (κ3) is 3.19. The fourth-order valence-corrected chi connectivity index (χ4v) is 3.00. The van der Waals surface area contributed by atoms with Crippen LogP contribution in [-0.2, 0) is 30.1 Å². The highest BCUT2D eigenvalue weighted by Crippen LogP contribution is 2.41. The van der Waals surface area contributed by atoms with E-state index in [-0.39, 0.29) is 5.92 Å². The Morgan fingerprint density at radius 3 is 2.59 bits per heavy atom. The van der Waals surface area contributed by atoms with E-state index < -0.39 is 18.4 Å². The Balaban J connectivity index is 1.83. The normalized spacial score (nSPS) is 32.5. The lowest BCUT2D eigenvalue weighted by molar-refractivity contribution is -0.594. The fraction of sp³-hybridized carbons (Fsp3) is 0.647. The molecule has 3 rings (SSSR count). The quantitative estimate of drug-likeness (QED) is 0.786. The molecule has 0 radical (unpaired) electrons. The van der Waals surface area contributed by atoms with Crippen LogP contribution in [0.15, 0.2) is 30.3 Å². The topological polar surface area (TPSA) is 46.2 Å². The molecule has 0 aromatic heterocycles. The summed E-state index contributed by atoms with van der Waals surface area (Å²) in [5.41, 5.74) is 0.938. The molecule has 122 valence electrons. The third-order valence-corrected chi connectivity index (χ3v) is 4.45. The van der Waals surface area contributed by atoms with Crippen molar-refractivity contribution in [2.45, 2.75) is 64.3 Å². The first-order valence-electron chi connectivity index (χ1n) is 8.17. The molecule has 2 fully saturated rings. The Morgan fingerprint density at radius 1 is 1.09 bits per heavy atom. The van der Waals surface area contributed by atoms with E-state index in [9.17, 15) is 0 Å². The lowest BCUT2D eigenvalue weighted by Crippen LogP contribution is -2.46. The number of hydrogen-bond donors (Lipinski definition) is 0. The number of fused-ring (bicyclic) bond motifs is 2. The lowest BCUT2D eigenvalue weighted by Gasteiger charge is -2.42. The van der Waals surface area contributed by atoms with Gasteiger partial charge in [0.05, 0.1) is 0 Å². The SMILES string of the molecule is CCC(CC)[C@@H]1OO[C@H]2CCC[C@@](c3ccccc3)(OO1)O2. The molecule has 5 heteroatoms. The summed E-state index contributed by atoms with van der Waals surface area (Å²) < 4.78 is 6.00. The van der Waals surface area contributed by atoms with E-state index in [0.717, 1.165) is 37.7 Å². The Hall–Kier alpha value is -0.980. The van der Waals surface area contributed by atoms with Crippen molar-refractivity contribution < 1.29 is 24.3 Å². The van der Waals surface area contributed by atoms with Gasteiger partial charge in [0, 0.05) is 24.3 Å². The average molecular weight is 308 g/mol. The molecule has 0 amide bonds. The van der Waals surface area contributed by atoms with Crippen LogP contribution < -0.4 is 0 Å². The molecule has 1 aromatic rings. The first-order valence-corrected chi connectivity index (χ1v) is 8.17. The zero-order valence-corrected chi connectivity index (χ0v) is 13.2. The molecule has 0 saturated carbocycles. The third-order valence-electron chi connectivity index (χ3n) is 4.45. The van der Waals surface area contributed by atoms with E-state index in [1.54, 1.807) is 0 Å². The minimum absolute atomic E-state index is 0.214. The summed E-state index contributed by atoms with van der Waals surface area (Å²) in [4.78, 5) is 22.3. The number of ether oxygens (including phenoxy) is 1. The first kappa shape index (κ1) is 15.9. The van der Waals surface area contributed by atoms with Crippen LogP contribution in [0.1, 0.15) is 51.5 Å². The van der Waals surface area contributed by atoms with Gasteiger partial charge in [-0.15, -0.1) is 0 Å². The van der Waals surface area contributed by atoms with Crippen LogP contribution in [-0.4, -0.2) is 12.6 Å². The van der Waals surface area contributed by atoms with Crippen LogP contribution >= 0.6 is 0 Å². The summed E-state index contributed by atoms with van der Waals surface area (Å²) in [6.07, 6.45) is 3.31. The maximum Gasteiger partial charge on any atom is 0.230 e. The zero-order valence-electron chi connectivity index (χ0n) is 13.2. The van der Waals surface area contributed by atoms with Gasteiger partial charge in [-0.2, -0.15) is 14.7 Å². The van der Waals surface area contributed by atoms with Crippen molar-refractivity contribution in [3.8, 4) is 0 Å². The largest absolute Gasteiger partial charge is 0.311 e. The highest BCUT2D eigenvalue weighted by molar-refractivity contribution is 5.20. The van der Waals surface area contributed by atoms with Crippen LogP contribution in [0.3, 0.4) is 0 Å². The van der Waals surface area contributed by atoms with Gasteiger partial charge in [-0.3, -0.25) is 0 Å². The molecule has 2 bridgehead atoms. The van der Waals surface area contributed by atoms with Crippen LogP contribution in [0.5, 0.6) is 0 Å². The minimum Gasteiger partial charge on any atom is -0.311 e. The zero-order chi connectivity index (χ0) is 15.4. The van der Waals surface area contributed by atoms with Crippen molar-refractivity contribution in [3.05, 3.63) is 35.9 Å². The van der Waals surface area contributed by atoms with Gasteiger partial charge in [0.1, 0.15) is 0 Å². The Labute approximate surface area is 131 Å². The minimum atomic E-state index is -0.918. The summed E-state index contributed by atoms with van der Waals surface area (Å²) in [7, 11) is 0.